The number of methoxy groups -OCH3 is 1. The van der Waals surface area contributed by atoms with Gasteiger partial charge >= 0.3 is 0 Å². The molecule has 34 heavy (non-hydrogen) atoms. The smallest absolute Gasteiger partial charge is 0.243 e. The van der Waals surface area contributed by atoms with Crippen molar-refractivity contribution in [1.82, 2.24) is 14.3 Å². The Morgan fingerprint density at radius 3 is 2.29 bits per heavy atom. The molecule has 1 amide bonds. The highest BCUT2D eigenvalue weighted by molar-refractivity contribution is 7.89. The molecule has 3 rings (SSSR count). The van der Waals surface area contributed by atoms with Gasteiger partial charge < -0.3 is 14.8 Å². The van der Waals surface area contributed by atoms with E-state index in [1.165, 1.54) is 48.7 Å². The highest BCUT2D eigenvalue weighted by Crippen LogP contribution is 2.27. The van der Waals surface area contributed by atoms with Crippen LogP contribution in [0.4, 0.5) is 0 Å². The monoisotopic (exact) mass is 531 g/mol. The van der Waals surface area contributed by atoms with Crippen molar-refractivity contribution in [2.45, 2.75) is 29.3 Å². The van der Waals surface area contributed by atoms with Crippen LogP contribution in [0.15, 0.2) is 52.3 Å². The molecular weight excluding hydrogens is 506 g/mol. The number of carbonyl (C=O) groups excluding carboxylic acids is 1. The van der Waals surface area contributed by atoms with Crippen LogP contribution < -0.4 is 14.8 Å². The maximum absolute atomic E-state index is 12.7. The standard InChI is InChI=1S/C21H26ClN3O7S2/c1-15(24-33(27,28)18-7-8-20(31-2)19(22)13-18)21(26)23-14-16-3-5-17(6-4-16)34(29,30)25-9-11-32-12-10-25/h3-8,13,15,24H,9-12,14H2,1-2H3,(H,23,26). The van der Waals surface area contributed by atoms with E-state index < -0.39 is 32.0 Å². The molecule has 0 aromatic heterocycles. The summed E-state index contributed by atoms with van der Waals surface area (Å²) in [6.07, 6.45) is 0. The van der Waals surface area contributed by atoms with Crippen molar-refractivity contribution in [3.63, 3.8) is 0 Å². The van der Waals surface area contributed by atoms with E-state index in [0.29, 0.717) is 37.6 Å². The third kappa shape index (κ3) is 6.26. The Kier molecular flexibility index (Phi) is 8.55. The van der Waals surface area contributed by atoms with E-state index in [1.807, 2.05) is 0 Å². The van der Waals surface area contributed by atoms with Gasteiger partial charge in [0.1, 0.15) is 5.75 Å². The first kappa shape index (κ1) is 26.4. The SMILES string of the molecule is COc1ccc(S(=O)(=O)NC(C)C(=O)NCc2ccc(S(=O)(=O)N3CCOCC3)cc2)cc1Cl. The summed E-state index contributed by atoms with van der Waals surface area (Å²) in [7, 11) is -6.19. The lowest BCUT2D eigenvalue weighted by molar-refractivity contribution is -0.122. The number of hydrogen-bond donors (Lipinski definition) is 2. The number of benzene rings is 2. The van der Waals surface area contributed by atoms with Gasteiger partial charge in [-0.2, -0.15) is 9.03 Å². The molecule has 0 aliphatic carbocycles. The summed E-state index contributed by atoms with van der Waals surface area (Å²) in [5.74, 6) is -0.219. The van der Waals surface area contributed by atoms with E-state index in [2.05, 4.69) is 10.0 Å². The van der Waals surface area contributed by atoms with Crippen molar-refractivity contribution in [2.75, 3.05) is 33.4 Å². The van der Waals surface area contributed by atoms with Crippen molar-refractivity contribution >= 4 is 37.6 Å². The molecule has 13 heteroatoms. The normalized spacial score (nSPS) is 16.1. The van der Waals surface area contributed by atoms with Crippen molar-refractivity contribution in [3.8, 4) is 5.75 Å². The molecule has 0 bridgehead atoms. The number of nitrogens with zero attached hydrogens (tertiary/aromatic N) is 1. The van der Waals surface area contributed by atoms with Gasteiger partial charge in [-0.3, -0.25) is 4.79 Å². The van der Waals surface area contributed by atoms with Crippen molar-refractivity contribution in [3.05, 3.63) is 53.1 Å². The molecule has 2 N–H and O–H groups in total. The molecule has 0 spiro atoms. The fraction of sp³-hybridized carbons (Fsp3) is 0.381. The second-order valence-electron chi connectivity index (χ2n) is 7.52. The second kappa shape index (κ2) is 11.0. The quantitative estimate of drug-likeness (QED) is 0.499. The van der Waals surface area contributed by atoms with E-state index in [0.717, 1.165) is 0 Å². The van der Waals surface area contributed by atoms with E-state index in [9.17, 15) is 21.6 Å². The molecule has 1 heterocycles. The van der Waals surface area contributed by atoms with E-state index in [4.69, 9.17) is 21.1 Å². The third-order valence-electron chi connectivity index (χ3n) is 5.16. The van der Waals surface area contributed by atoms with E-state index >= 15 is 0 Å². The Labute approximate surface area is 204 Å². The topological polar surface area (TPSA) is 131 Å². The van der Waals surface area contributed by atoms with Gasteiger partial charge in [0, 0.05) is 19.6 Å². The highest BCUT2D eigenvalue weighted by Gasteiger charge is 2.26. The molecule has 10 nitrogen and oxygen atoms in total. The van der Waals surface area contributed by atoms with Gasteiger partial charge in [-0.1, -0.05) is 23.7 Å². The van der Waals surface area contributed by atoms with Crippen LogP contribution in [0.2, 0.25) is 5.02 Å². The summed E-state index contributed by atoms with van der Waals surface area (Å²) in [5, 5.41) is 2.76. The van der Waals surface area contributed by atoms with Crippen molar-refractivity contribution < 1.29 is 31.1 Å². The lowest BCUT2D eigenvalue weighted by atomic mass is 10.2. The summed E-state index contributed by atoms with van der Waals surface area (Å²) >= 11 is 5.99. The molecule has 1 atom stereocenters. The minimum Gasteiger partial charge on any atom is -0.495 e. The predicted molar refractivity (Wildman–Crippen MR) is 126 cm³/mol. The number of nitrogens with one attached hydrogen (secondary N) is 2. The first-order chi connectivity index (χ1) is 16.0. The van der Waals surface area contributed by atoms with Crippen molar-refractivity contribution in [1.29, 1.82) is 0 Å². The Morgan fingerprint density at radius 1 is 1.09 bits per heavy atom. The van der Waals surface area contributed by atoms with Crippen LogP contribution in [0.3, 0.4) is 0 Å². The molecule has 0 radical (unpaired) electrons. The van der Waals surface area contributed by atoms with E-state index in [-0.39, 0.29) is 21.4 Å². The minimum absolute atomic E-state index is 0.0944. The summed E-state index contributed by atoms with van der Waals surface area (Å²) in [6.45, 7) is 2.83. The highest BCUT2D eigenvalue weighted by atomic mass is 35.5. The summed E-state index contributed by atoms with van der Waals surface area (Å²) in [4.78, 5) is 12.5. The zero-order valence-electron chi connectivity index (χ0n) is 18.7. The molecular formula is C21H26ClN3O7S2. The van der Waals surface area contributed by atoms with Gasteiger partial charge in [0.05, 0.1) is 41.2 Å². The summed E-state index contributed by atoms with van der Waals surface area (Å²) in [5.41, 5.74) is 0.659. The number of hydrogen-bond acceptors (Lipinski definition) is 7. The maximum atomic E-state index is 12.7. The van der Waals surface area contributed by atoms with Crippen LogP contribution in [0.1, 0.15) is 12.5 Å². The number of amides is 1. The molecule has 1 aliphatic heterocycles. The zero-order chi connectivity index (χ0) is 24.9. The summed E-state index contributed by atoms with van der Waals surface area (Å²) < 4.78 is 64.4. The van der Waals surface area contributed by atoms with Gasteiger partial charge in [-0.05, 0) is 42.8 Å². The summed E-state index contributed by atoms with van der Waals surface area (Å²) in [6, 6.07) is 9.07. The molecule has 0 saturated carbocycles. The average Bonchev–Trinajstić information content (AvgIpc) is 2.83. The predicted octanol–water partition coefficient (Wildman–Crippen LogP) is 1.35. The first-order valence-corrected chi connectivity index (χ1v) is 13.6. The number of carbonyl (C=O) groups is 1. The Balaban J connectivity index is 1.58. The maximum Gasteiger partial charge on any atom is 0.243 e. The fourth-order valence-corrected chi connectivity index (χ4v) is 6.19. The molecule has 1 aliphatic rings. The van der Waals surface area contributed by atoms with Gasteiger partial charge in [-0.15, -0.1) is 0 Å². The van der Waals surface area contributed by atoms with Crippen LogP contribution in [0, 0.1) is 0 Å². The molecule has 1 fully saturated rings. The Bertz CT molecular complexity index is 1230. The number of sulfonamides is 2. The molecule has 2 aromatic rings. The fourth-order valence-electron chi connectivity index (χ4n) is 3.23. The van der Waals surface area contributed by atoms with Crippen LogP contribution in [-0.4, -0.2) is 66.5 Å². The van der Waals surface area contributed by atoms with Crippen LogP contribution in [-0.2, 0) is 36.1 Å². The lowest BCUT2D eigenvalue weighted by Gasteiger charge is -2.26. The van der Waals surface area contributed by atoms with Gasteiger partial charge in [0.15, 0.2) is 0 Å². The van der Waals surface area contributed by atoms with Crippen LogP contribution in [0.25, 0.3) is 0 Å². The molecule has 2 aromatic carbocycles. The minimum atomic E-state index is -4.00. The van der Waals surface area contributed by atoms with Crippen molar-refractivity contribution in [2.24, 2.45) is 0 Å². The lowest BCUT2D eigenvalue weighted by Crippen LogP contribution is -2.44. The van der Waals surface area contributed by atoms with Gasteiger partial charge in [0.2, 0.25) is 26.0 Å². The number of ether oxygens (including phenoxy) is 2. The molecule has 1 unspecified atom stereocenters. The second-order valence-corrected chi connectivity index (χ2v) is 11.6. The number of rotatable bonds is 9. The van der Waals surface area contributed by atoms with Gasteiger partial charge in [-0.25, -0.2) is 16.8 Å². The first-order valence-electron chi connectivity index (χ1n) is 10.3. The average molecular weight is 532 g/mol. The largest absolute Gasteiger partial charge is 0.495 e. The third-order valence-corrected chi connectivity index (χ3v) is 8.90. The number of morpholine rings is 1. The number of halogens is 1. The molecule has 186 valence electrons. The molecule has 1 saturated heterocycles. The van der Waals surface area contributed by atoms with E-state index in [1.54, 1.807) is 12.1 Å². The Morgan fingerprint density at radius 2 is 1.71 bits per heavy atom. The van der Waals surface area contributed by atoms with Crippen LogP contribution >= 0.6 is 11.6 Å². The zero-order valence-corrected chi connectivity index (χ0v) is 21.0. The Hall–Kier alpha value is -2.22. The van der Waals surface area contributed by atoms with Crippen LogP contribution in [0.5, 0.6) is 5.75 Å². The van der Waals surface area contributed by atoms with Gasteiger partial charge in [0.25, 0.3) is 0 Å².